The molecule has 0 bridgehead atoms. The van der Waals surface area contributed by atoms with Gasteiger partial charge >= 0.3 is 0 Å². The van der Waals surface area contributed by atoms with Gasteiger partial charge in [0, 0.05) is 30.2 Å². The number of fused-ring (bicyclic) bond motifs is 3. The Kier molecular flexibility index (Phi) is 1.98. The van der Waals surface area contributed by atoms with Crippen molar-refractivity contribution in [3.05, 3.63) is 40.3 Å². The lowest BCUT2D eigenvalue weighted by Crippen LogP contribution is -2.19. The maximum Gasteiger partial charge on any atom is 0.0447 e. The van der Waals surface area contributed by atoms with Crippen molar-refractivity contribution in [2.75, 3.05) is 0 Å². The minimum absolute atomic E-state index is 0.0309. The summed E-state index contributed by atoms with van der Waals surface area (Å²) in [7, 11) is 3.93. The first-order valence-electron chi connectivity index (χ1n) is 5.49. The van der Waals surface area contributed by atoms with Crippen molar-refractivity contribution in [2.24, 2.45) is 0 Å². The van der Waals surface area contributed by atoms with Crippen LogP contribution in [0.25, 0.3) is 15.7 Å². The molecule has 1 aliphatic rings. The van der Waals surface area contributed by atoms with Crippen molar-refractivity contribution in [3.8, 4) is 0 Å². The van der Waals surface area contributed by atoms with Crippen LogP contribution < -0.4 is 0 Å². The second kappa shape index (κ2) is 3.08. The van der Waals surface area contributed by atoms with Crippen molar-refractivity contribution < 1.29 is 0 Å². The van der Waals surface area contributed by atoms with E-state index in [4.69, 9.17) is 0 Å². The van der Waals surface area contributed by atoms with Crippen LogP contribution in [0.2, 0.25) is 0 Å². The van der Waals surface area contributed by atoms with E-state index in [0.29, 0.717) is 0 Å². The fourth-order valence-corrected chi connectivity index (χ4v) is 4.34. The largest absolute Gasteiger partial charge is 0.139 e. The molecule has 1 aromatic carbocycles. The van der Waals surface area contributed by atoms with Gasteiger partial charge in [0.15, 0.2) is 0 Å². The summed E-state index contributed by atoms with van der Waals surface area (Å²) < 4.78 is 1.39. The molecule has 0 spiro atoms. The molecule has 0 saturated heterocycles. The van der Waals surface area contributed by atoms with Crippen molar-refractivity contribution in [1.82, 2.24) is 0 Å². The van der Waals surface area contributed by atoms with E-state index in [1.807, 2.05) is 11.3 Å². The fourth-order valence-electron chi connectivity index (χ4n) is 2.50. The Morgan fingerprint density at radius 1 is 1.19 bits per heavy atom. The monoisotopic (exact) mass is 241 g/mol. The van der Waals surface area contributed by atoms with Gasteiger partial charge < -0.3 is 0 Å². The zero-order valence-electron chi connectivity index (χ0n) is 9.72. The fraction of sp³-hybridized carbons (Fsp3) is 0.286. The molecule has 0 nitrogen and oxygen atoms in total. The molecule has 0 fully saturated rings. The first-order valence-corrected chi connectivity index (χ1v) is 6.80. The molecular formula is C14H13SSi. The van der Waals surface area contributed by atoms with Crippen LogP contribution in [0.1, 0.15) is 31.2 Å². The van der Waals surface area contributed by atoms with Gasteiger partial charge in [-0.1, -0.05) is 30.7 Å². The van der Waals surface area contributed by atoms with E-state index >= 15 is 0 Å². The Hall–Kier alpha value is -0.863. The van der Waals surface area contributed by atoms with Gasteiger partial charge in [-0.05, 0) is 31.1 Å². The summed E-state index contributed by atoms with van der Waals surface area (Å²) in [5.74, 6) is 0. The second-order valence-electron chi connectivity index (χ2n) is 4.68. The molecule has 0 aliphatic heterocycles. The van der Waals surface area contributed by atoms with Crippen LogP contribution in [0.4, 0.5) is 0 Å². The Bertz CT molecular complexity index is 617. The predicted octanol–water partition coefficient (Wildman–Crippen LogP) is 4.09. The molecule has 79 valence electrons. The lowest BCUT2D eigenvalue weighted by molar-refractivity contribution is 0.837. The quantitative estimate of drug-likeness (QED) is 0.609. The molecule has 0 N–H and O–H groups in total. The molecule has 1 atom stereocenters. The van der Waals surface area contributed by atoms with E-state index in [1.54, 1.807) is 0 Å². The van der Waals surface area contributed by atoms with Crippen LogP contribution in [0.5, 0.6) is 0 Å². The molecule has 16 heavy (non-hydrogen) atoms. The van der Waals surface area contributed by atoms with E-state index in [-0.39, 0.29) is 5.04 Å². The lowest BCUT2D eigenvalue weighted by Gasteiger charge is -2.20. The highest BCUT2D eigenvalue weighted by Crippen LogP contribution is 2.51. The average Bonchev–Trinajstić information content (AvgIpc) is 2.72. The number of allylic oxidation sites excluding steroid dienone is 2. The van der Waals surface area contributed by atoms with E-state index in [1.165, 1.54) is 31.7 Å². The zero-order chi connectivity index (χ0) is 11.5. The van der Waals surface area contributed by atoms with Gasteiger partial charge in [-0.3, -0.25) is 0 Å². The zero-order valence-corrected chi connectivity index (χ0v) is 11.5. The molecule has 3 radical (unpaired) electrons. The van der Waals surface area contributed by atoms with E-state index in [2.05, 4.69) is 55.3 Å². The summed E-state index contributed by atoms with van der Waals surface area (Å²) in [5, 5.41) is 1.43. The van der Waals surface area contributed by atoms with Crippen LogP contribution in [-0.4, -0.2) is 10.2 Å². The number of hydrogen-bond acceptors (Lipinski definition) is 1. The van der Waals surface area contributed by atoms with Crippen molar-refractivity contribution in [1.29, 1.82) is 0 Å². The van der Waals surface area contributed by atoms with Crippen LogP contribution in [0, 0.1) is 0 Å². The number of thiophene rings is 1. The molecule has 1 aromatic heterocycles. The predicted molar refractivity (Wildman–Crippen MR) is 73.2 cm³/mol. The molecule has 2 aromatic rings. The van der Waals surface area contributed by atoms with Gasteiger partial charge in [-0.15, -0.1) is 11.3 Å². The van der Waals surface area contributed by atoms with Crippen molar-refractivity contribution in [2.45, 2.75) is 25.8 Å². The highest BCUT2D eigenvalue weighted by atomic mass is 32.1. The van der Waals surface area contributed by atoms with Gasteiger partial charge in [0.05, 0.1) is 0 Å². The van der Waals surface area contributed by atoms with Gasteiger partial charge in [0.2, 0.25) is 0 Å². The molecule has 2 heteroatoms. The summed E-state index contributed by atoms with van der Waals surface area (Å²) in [6.45, 7) is 6.71. The van der Waals surface area contributed by atoms with Crippen LogP contribution >= 0.6 is 11.3 Å². The van der Waals surface area contributed by atoms with Gasteiger partial charge in [-0.2, -0.15) is 0 Å². The Morgan fingerprint density at radius 2 is 1.88 bits per heavy atom. The third-order valence-corrected chi connectivity index (χ3v) is 5.94. The third-order valence-electron chi connectivity index (χ3n) is 3.74. The Morgan fingerprint density at radius 3 is 2.62 bits per heavy atom. The van der Waals surface area contributed by atoms with Crippen LogP contribution in [0.3, 0.4) is 0 Å². The van der Waals surface area contributed by atoms with E-state index in [0.717, 1.165) is 0 Å². The minimum atomic E-state index is 0.0309. The Balaban J connectivity index is 2.47. The molecular weight excluding hydrogens is 228 g/mol. The van der Waals surface area contributed by atoms with Gasteiger partial charge in [0.25, 0.3) is 0 Å². The highest BCUT2D eigenvalue weighted by Gasteiger charge is 2.36. The van der Waals surface area contributed by atoms with E-state index in [9.17, 15) is 0 Å². The summed E-state index contributed by atoms with van der Waals surface area (Å²) >= 11 is 1.91. The molecule has 1 heterocycles. The first kappa shape index (κ1) is 10.3. The highest BCUT2D eigenvalue weighted by molar-refractivity contribution is 7.20. The first-order chi connectivity index (χ1) is 7.53. The number of rotatable bonds is 0. The molecule has 3 rings (SSSR count). The molecule has 1 aliphatic carbocycles. The maximum absolute atomic E-state index is 3.93. The standard InChI is InChI=1S/C14H13SSi/c1-8-9(2)14(3,16)13-12(8)10-6-4-5-7-11(10)15-13/h4-7H,1-3H3. The molecule has 1 unspecified atom stereocenters. The summed E-state index contributed by atoms with van der Waals surface area (Å²) in [4.78, 5) is 1.46. The summed E-state index contributed by atoms with van der Waals surface area (Å²) in [6.07, 6.45) is 0. The number of hydrogen-bond donors (Lipinski definition) is 0. The number of benzene rings is 1. The van der Waals surface area contributed by atoms with E-state index < -0.39 is 0 Å². The maximum atomic E-state index is 3.93. The van der Waals surface area contributed by atoms with Crippen LogP contribution in [-0.2, 0) is 5.04 Å². The normalized spacial score (nSPS) is 24.2. The average molecular weight is 241 g/mol. The molecule has 0 amide bonds. The summed E-state index contributed by atoms with van der Waals surface area (Å²) in [6, 6.07) is 8.68. The molecule has 0 saturated carbocycles. The third kappa shape index (κ3) is 1.09. The van der Waals surface area contributed by atoms with Gasteiger partial charge in [0.1, 0.15) is 0 Å². The smallest absolute Gasteiger partial charge is 0.0447 e. The lowest BCUT2D eigenvalue weighted by atomic mass is 10.0. The minimum Gasteiger partial charge on any atom is -0.139 e. The summed E-state index contributed by atoms with van der Waals surface area (Å²) in [5.41, 5.74) is 4.33. The second-order valence-corrected chi connectivity index (χ2v) is 6.73. The SMILES string of the molecule is CC1=C(C)C(C)([Si])c2sc3ccccc3c21. The Labute approximate surface area is 103 Å². The topological polar surface area (TPSA) is 0 Å². The van der Waals surface area contributed by atoms with Crippen molar-refractivity contribution >= 4 is 37.2 Å². The van der Waals surface area contributed by atoms with Gasteiger partial charge in [-0.25, -0.2) is 0 Å². The van der Waals surface area contributed by atoms with Crippen molar-refractivity contribution in [3.63, 3.8) is 0 Å². The van der Waals surface area contributed by atoms with Crippen LogP contribution in [0.15, 0.2) is 29.8 Å².